The zero-order chi connectivity index (χ0) is 24.4. The lowest BCUT2D eigenvalue weighted by atomic mass is 10.1. The molecule has 0 radical (unpaired) electrons. The van der Waals surface area contributed by atoms with Crippen molar-refractivity contribution in [2.45, 2.75) is 45.7 Å². The van der Waals surface area contributed by atoms with Gasteiger partial charge in [0.2, 0.25) is 5.88 Å². The van der Waals surface area contributed by atoms with Crippen LogP contribution in [0.3, 0.4) is 0 Å². The molecule has 0 saturated carbocycles. The van der Waals surface area contributed by atoms with Crippen molar-refractivity contribution in [1.82, 2.24) is 29.5 Å². The van der Waals surface area contributed by atoms with Crippen LogP contribution in [0, 0.1) is 0 Å². The fraction of sp³-hybridized carbons (Fsp3) is 0.417. The summed E-state index contributed by atoms with van der Waals surface area (Å²) in [7, 11) is 3.41. The molecular weight excluding hydrogens is 434 g/mol. The molecule has 0 fully saturated rings. The molecule has 10 heteroatoms. The molecule has 180 valence electrons. The molecule has 0 aromatic carbocycles. The van der Waals surface area contributed by atoms with Crippen molar-refractivity contribution in [3.8, 4) is 17.1 Å². The van der Waals surface area contributed by atoms with E-state index in [0.717, 1.165) is 16.6 Å². The monoisotopic (exact) mass is 465 g/mol. The van der Waals surface area contributed by atoms with Crippen molar-refractivity contribution in [3.05, 3.63) is 36.2 Å². The van der Waals surface area contributed by atoms with E-state index in [1.54, 1.807) is 18.7 Å². The maximum absolute atomic E-state index is 13.0. The van der Waals surface area contributed by atoms with E-state index in [9.17, 15) is 4.79 Å². The van der Waals surface area contributed by atoms with Crippen LogP contribution in [0.1, 0.15) is 50.0 Å². The van der Waals surface area contributed by atoms with Gasteiger partial charge >= 0.3 is 0 Å². The lowest BCUT2D eigenvalue weighted by molar-refractivity contribution is 0.0938. The van der Waals surface area contributed by atoms with Gasteiger partial charge < -0.3 is 25.0 Å². The van der Waals surface area contributed by atoms with E-state index < -0.39 is 0 Å². The first-order valence-corrected chi connectivity index (χ1v) is 11.4. The highest BCUT2D eigenvalue weighted by Crippen LogP contribution is 2.33. The van der Waals surface area contributed by atoms with Crippen LogP contribution in [-0.4, -0.2) is 62.0 Å². The molecule has 4 heterocycles. The molecular formula is C24H31N7O3. The number of nitrogens with zero attached hydrogens (tertiary/aromatic N) is 5. The van der Waals surface area contributed by atoms with Crippen molar-refractivity contribution >= 4 is 28.4 Å². The Morgan fingerprint density at radius 3 is 2.68 bits per heavy atom. The molecule has 4 aromatic rings. The Bertz CT molecular complexity index is 1330. The zero-order valence-electron chi connectivity index (χ0n) is 20.2. The number of nitrogens with one attached hydrogen (secondary N) is 2. The highest BCUT2D eigenvalue weighted by molar-refractivity contribution is 6.01. The van der Waals surface area contributed by atoms with Gasteiger partial charge in [-0.2, -0.15) is 14.6 Å². The van der Waals surface area contributed by atoms with Crippen LogP contribution < -0.4 is 15.4 Å². The number of rotatable bonds is 9. The fourth-order valence-electron chi connectivity index (χ4n) is 4.03. The number of ether oxygens (including phenoxy) is 1. The predicted molar refractivity (Wildman–Crippen MR) is 131 cm³/mol. The highest BCUT2D eigenvalue weighted by atomic mass is 16.5. The number of methoxy groups -OCH3 is 1. The van der Waals surface area contributed by atoms with Crippen LogP contribution in [0.15, 0.2) is 30.6 Å². The molecule has 1 amide bonds. The van der Waals surface area contributed by atoms with Crippen LogP contribution in [-0.2, 0) is 0 Å². The molecule has 4 rings (SSSR count). The minimum absolute atomic E-state index is 0.0772. The Balaban J connectivity index is 1.84. The summed E-state index contributed by atoms with van der Waals surface area (Å²) in [5.74, 6) is 1.01. The number of aliphatic hydroxyl groups is 1. The van der Waals surface area contributed by atoms with E-state index in [-0.39, 0.29) is 24.6 Å². The summed E-state index contributed by atoms with van der Waals surface area (Å²) in [4.78, 5) is 22.5. The van der Waals surface area contributed by atoms with Gasteiger partial charge in [-0.3, -0.25) is 4.79 Å². The van der Waals surface area contributed by atoms with Gasteiger partial charge in [0.1, 0.15) is 17.0 Å². The Labute approximate surface area is 198 Å². The number of hydrogen-bond donors (Lipinski definition) is 3. The molecule has 0 aliphatic heterocycles. The molecule has 0 spiro atoms. The first-order valence-electron chi connectivity index (χ1n) is 11.4. The van der Waals surface area contributed by atoms with E-state index in [2.05, 4.69) is 39.1 Å². The van der Waals surface area contributed by atoms with E-state index in [1.807, 2.05) is 31.3 Å². The van der Waals surface area contributed by atoms with Crippen LogP contribution in [0.2, 0.25) is 0 Å². The number of carbonyl (C=O) groups is 1. The standard InChI is InChI=1S/C24H31N7O3/c1-14(2)30-13-18(16-8-9-21(34-5)29-22(16)30)19-11-20(25-4)31-23(28-19)17(12-26-31)24(33)27-15(3)7-6-10-32/h8-9,11-15,25,32H,6-7,10H2,1-5H3,(H,27,33). The largest absolute Gasteiger partial charge is 0.481 e. The minimum atomic E-state index is -0.247. The van der Waals surface area contributed by atoms with E-state index in [4.69, 9.17) is 14.8 Å². The van der Waals surface area contributed by atoms with Gasteiger partial charge in [-0.15, -0.1) is 0 Å². The van der Waals surface area contributed by atoms with Crippen molar-refractivity contribution in [3.63, 3.8) is 0 Å². The lowest BCUT2D eigenvalue weighted by Gasteiger charge is -2.13. The third-order valence-corrected chi connectivity index (χ3v) is 5.84. The summed E-state index contributed by atoms with van der Waals surface area (Å²) in [6.45, 7) is 6.20. The van der Waals surface area contributed by atoms with Crippen LogP contribution in [0.25, 0.3) is 27.9 Å². The molecule has 0 bridgehead atoms. The highest BCUT2D eigenvalue weighted by Gasteiger charge is 2.21. The number of carbonyl (C=O) groups excluding carboxylic acids is 1. The fourth-order valence-corrected chi connectivity index (χ4v) is 4.03. The van der Waals surface area contributed by atoms with Gasteiger partial charge in [-0.1, -0.05) is 0 Å². The quantitative estimate of drug-likeness (QED) is 0.347. The summed E-state index contributed by atoms with van der Waals surface area (Å²) in [5.41, 5.74) is 3.27. The van der Waals surface area contributed by atoms with Crippen molar-refractivity contribution in [2.75, 3.05) is 26.1 Å². The Morgan fingerprint density at radius 2 is 2.00 bits per heavy atom. The smallest absolute Gasteiger partial charge is 0.256 e. The van der Waals surface area contributed by atoms with E-state index in [1.165, 1.54) is 6.20 Å². The maximum Gasteiger partial charge on any atom is 0.256 e. The predicted octanol–water partition coefficient (Wildman–Crippen LogP) is 3.27. The second-order valence-corrected chi connectivity index (χ2v) is 8.58. The summed E-state index contributed by atoms with van der Waals surface area (Å²) in [6, 6.07) is 5.83. The van der Waals surface area contributed by atoms with Gasteiger partial charge in [0, 0.05) is 55.0 Å². The number of pyridine rings is 1. The molecule has 1 atom stereocenters. The third-order valence-electron chi connectivity index (χ3n) is 5.84. The zero-order valence-corrected chi connectivity index (χ0v) is 20.2. The average molecular weight is 466 g/mol. The van der Waals surface area contributed by atoms with Crippen LogP contribution in [0.4, 0.5) is 5.82 Å². The summed E-state index contributed by atoms with van der Waals surface area (Å²) >= 11 is 0. The molecule has 4 aromatic heterocycles. The topological polar surface area (TPSA) is 119 Å². The Hall–Kier alpha value is -3.66. The number of anilines is 1. The van der Waals surface area contributed by atoms with Crippen molar-refractivity contribution in [2.24, 2.45) is 0 Å². The van der Waals surface area contributed by atoms with Gasteiger partial charge in [0.15, 0.2) is 5.65 Å². The molecule has 0 aliphatic carbocycles. The second-order valence-electron chi connectivity index (χ2n) is 8.58. The molecule has 0 aliphatic rings. The van der Waals surface area contributed by atoms with E-state index in [0.29, 0.717) is 41.4 Å². The summed E-state index contributed by atoms with van der Waals surface area (Å²) in [6.07, 6.45) is 4.88. The number of aliphatic hydroxyl groups excluding tert-OH is 1. The average Bonchev–Trinajstić information content (AvgIpc) is 3.43. The number of aromatic nitrogens is 5. The number of amides is 1. The van der Waals surface area contributed by atoms with Crippen molar-refractivity contribution < 1.29 is 14.6 Å². The Morgan fingerprint density at radius 1 is 1.21 bits per heavy atom. The maximum atomic E-state index is 13.0. The molecule has 10 nitrogen and oxygen atoms in total. The van der Waals surface area contributed by atoms with Crippen molar-refractivity contribution in [1.29, 1.82) is 0 Å². The minimum Gasteiger partial charge on any atom is -0.481 e. The SMILES string of the molecule is CNc1cc(-c2cn(C(C)C)c3nc(OC)ccc23)nc2c(C(=O)NC(C)CCCO)cnn12. The van der Waals surface area contributed by atoms with Gasteiger partial charge in [-0.05, 0) is 39.7 Å². The van der Waals surface area contributed by atoms with Crippen LogP contribution >= 0.6 is 0 Å². The first kappa shape index (κ1) is 23.5. The van der Waals surface area contributed by atoms with Crippen LogP contribution in [0.5, 0.6) is 5.88 Å². The van der Waals surface area contributed by atoms with Gasteiger partial charge in [0.25, 0.3) is 5.91 Å². The Kier molecular flexibility index (Phi) is 6.69. The summed E-state index contributed by atoms with van der Waals surface area (Å²) in [5, 5.41) is 20.5. The third kappa shape index (κ3) is 4.28. The summed E-state index contributed by atoms with van der Waals surface area (Å²) < 4.78 is 9.05. The molecule has 3 N–H and O–H groups in total. The first-order chi connectivity index (χ1) is 16.4. The second kappa shape index (κ2) is 9.68. The van der Waals surface area contributed by atoms with Gasteiger partial charge in [0.05, 0.1) is 19.0 Å². The van der Waals surface area contributed by atoms with Gasteiger partial charge in [-0.25, -0.2) is 4.98 Å². The molecule has 0 saturated heterocycles. The number of fused-ring (bicyclic) bond motifs is 2. The number of hydrogen-bond acceptors (Lipinski definition) is 7. The van der Waals surface area contributed by atoms with E-state index >= 15 is 0 Å². The normalized spacial score (nSPS) is 12.4. The molecule has 34 heavy (non-hydrogen) atoms. The molecule has 1 unspecified atom stereocenters. The lowest BCUT2D eigenvalue weighted by Crippen LogP contribution is -2.32.